The zero-order valence-electron chi connectivity index (χ0n) is 9.14. The van der Waals surface area contributed by atoms with Gasteiger partial charge in [0.15, 0.2) is 0 Å². The molecule has 0 radical (unpaired) electrons. The Bertz CT molecular complexity index is 484. The third-order valence-electron chi connectivity index (χ3n) is 3.00. The second kappa shape index (κ2) is 3.66. The van der Waals surface area contributed by atoms with Crippen LogP contribution in [0.1, 0.15) is 24.0 Å². The van der Waals surface area contributed by atoms with Crippen LogP contribution in [0, 0.1) is 11.3 Å². The fraction of sp³-hybridized carbons (Fsp3) is 0.417. The Hall–Kier alpha value is -1.70. The molecule has 0 heterocycles. The number of methoxy groups -OCH3 is 1. The number of rotatable bonds is 2. The van der Waals surface area contributed by atoms with Crippen molar-refractivity contribution in [1.82, 2.24) is 0 Å². The molecule has 0 bridgehead atoms. The lowest BCUT2D eigenvalue weighted by atomic mass is 9.94. The molecule has 0 N–H and O–H groups in total. The summed E-state index contributed by atoms with van der Waals surface area (Å²) in [6.45, 7) is 0. The molecule has 0 aliphatic heterocycles. The summed E-state index contributed by atoms with van der Waals surface area (Å²) in [4.78, 5) is 0. The van der Waals surface area contributed by atoms with Crippen LogP contribution in [0.25, 0.3) is 0 Å². The number of hydrogen-bond acceptors (Lipinski definition) is 2. The lowest BCUT2D eigenvalue weighted by molar-refractivity contribution is -0.138. The van der Waals surface area contributed by atoms with Gasteiger partial charge in [0.25, 0.3) is 0 Å². The van der Waals surface area contributed by atoms with Crippen LogP contribution in [0.5, 0.6) is 5.75 Å². The summed E-state index contributed by atoms with van der Waals surface area (Å²) < 4.78 is 43.2. The average Bonchev–Trinajstić information content (AvgIpc) is 3.07. The van der Waals surface area contributed by atoms with Gasteiger partial charge in [-0.25, -0.2) is 0 Å². The van der Waals surface area contributed by atoms with Crippen molar-refractivity contribution in [3.05, 3.63) is 29.3 Å². The molecule has 0 amide bonds. The molecule has 2 rings (SSSR count). The molecule has 1 aromatic carbocycles. The van der Waals surface area contributed by atoms with Crippen molar-refractivity contribution < 1.29 is 17.9 Å². The summed E-state index contributed by atoms with van der Waals surface area (Å²) in [6.07, 6.45) is -3.30. The van der Waals surface area contributed by atoms with E-state index in [0.717, 1.165) is 6.07 Å². The minimum absolute atomic E-state index is 0.223. The first kappa shape index (κ1) is 11.8. The zero-order chi connectivity index (χ0) is 12.7. The van der Waals surface area contributed by atoms with Crippen molar-refractivity contribution in [2.24, 2.45) is 0 Å². The first-order valence-electron chi connectivity index (χ1n) is 5.10. The van der Waals surface area contributed by atoms with Crippen molar-refractivity contribution >= 4 is 0 Å². The highest BCUT2D eigenvalue weighted by Crippen LogP contribution is 2.53. The van der Waals surface area contributed by atoms with Crippen LogP contribution in [0.4, 0.5) is 13.2 Å². The van der Waals surface area contributed by atoms with Gasteiger partial charge in [0, 0.05) is 5.56 Å². The molecule has 5 heteroatoms. The highest BCUT2D eigenvalue weighted by molar-refractivity contribution is 5.52. The number of hydrogen-bond donors (Lipinski definition) is 0. The molecule has 1 saturated carbocycles. The van der Waals surface area contributed by atoms with Gasteiger partial charge in [-0.15, -0.1) is 0 Å². The molecule has 0 spiro atoms. The molecule has 1 aliphatic carbocycles. The Kier molecular flexibility index (Phi) is 2.53. The van der Waals surface area contributed by atoms with Crippen molar-refractivity contribution in [2.75, 3.05) is 7.11 Å². The molecule has 1 fully saturated rings. The van der Waals surface area contributed by atoms with E-state index in [1.165, 1.54) is 19.2 Å². The minimum atomic E-state index is -4.47. The third kappa shape index (κ3) is 1.84. The maximum absolute atomic E-state index is 12.8. The quantitative estimate of drug-likeness (QED) is 0.796. The first-order chi connectivity index (χ1) is 7.94. The molecule has 90 valence electrons. The molecule has 2 nitrogen and oxygen atoms in total. The Morgan fingerprint density at radius 2 is 2.00 bits per heavy atom. The number of ether oxygens (including phenoxy) is 1. The van der Waals surface area contributed by atoms with E-state index in [-0.39, 0.29) is 5.75 Å². The second-order valence-corrected chi connectivity index (χ2v) is 4.08. The van der Waals surface area contributed by atoms with Crippen LogP contribution in [-0.2, 0) is 11.6 Å². The smallest absolute Gasteiger partial charge is 0.419 e. The summed E-state index contributed by atoms with van der Waals surface area (Å²) in [5.41, 5.74) is -1.26. The number of para-hydroxylation sites is 1. The fourth-order valence-corrected chi connectivity index (χ4v) is 1.92. The summed E-state index contributed by atoms with van der Waals surface area (Å²) >= 11 is 0. The molecule has 0 aromatic heterocycles. The van der Waals surface area contributed by atoms with E-state index in [4.69, 9.17) is 10.00 Å². The van der Waals surface area contributed by atoms with Gasteiger partial charge in [-0.2, -0.15) is 18.4 Å². The Morgan fingerprint density at radius 1 is 1.35 bits per heavy atom. The van der Waals surface area contributed by atoms with E-state index in [9.17, 15) is 13.2 Å². The normalized spacial score (nSPS) is 17.4. The Balaban J connectivity index is 2.60. The molecule has 0 unspecified atom stereocenters. The van der Waals surface area contributed by atoms with E-state index in [0.29, 0.717) is 18.4 Å². The summed E-state index contributed by atoms with van der Waals surface area (Å²) in [5.74, 6) is -0.223. The van der Waals surface area contributed by atoms with E-state index in [1.807, 2.05) is 0 Å². The standard InChI is InChI=1S/C12H10F3NO/c1-17-10-8(11(7-16)5-6-11)3-2-4-9(10)12(13,14)15/h2-4H,5-6H2,1H3. The highest BCUT2D eigenvalue weighted by Gasteiger charge is 2.48. The summed E-state index contributed by atoms with van der Waals surface area (Å²) in [5, 5.41) is 9.04. The van der Waals surface area contributed by atoms with Crippen LogP contribution in [-0.4, -0.2) is 7.11 Å². The Labute approximate surface area is 96.6 Å². The van der Waals surface area contributed by atoms with Crippen LogP contribution >= 0.6 is 0 Å². The predicted octanol–water partition coefficient (Wildman–Crippen LogP) is 3.27. The number of benzene rings is 1. The second-order valence-electron chi connectivity index (χ2n) is 4.08. The van der Waals surface area contributed by atoms with Gasteiger partial charge < -0.3 is 4.74 Å². The molecule has 0 saturated heterocycles. The van der Waals surface area contributed by atoms with Gasteiger partial charge in [0.1, 0.15) is 5.75 Å². The number of nitriles is 1. The van der Waals surface area contributed by atoms with E-state index in [2.05, 4.69) is 6.07 Å². The van der Waals surface area contributed by atoms with Gasteiger partial charge in [-0.3, -0.25) is 0 Å². The molecule has 17 heavy (non-hydrogen) atoms. The van der Waals surface area contributed by atoms with Gasteiger partial charge in [0.05, 0.1) is 24.2 Å². The van der Waals surface area contributed by atoms with Crippen LogP contribution < -0.4 is 4.74 Å². The molecular formula is C12H10F3NO. The largest absolute Gasteiger partial charge is 0.496 e. The molecule has 1 aromatic rings. The number of nitrogens with zero attached hydrogens (tertiary/aromatic N) is 1. The van der Waals surface area contributed by atoms with Crippen LogP contribution in [0.2, 0.25) is 0 Å². The van der Waals surface area contributed by atoms with E-state index >= 15 is 0 Å². The van der Waals surface area contributed by atoms with Crippen molar-refractivity contribution in [2.45, 2.75) is 24.4 Å². The lowest BCUT2D eigenvalue weighted by Gasteiger charge is -2.17. The first-order valence-corrected chi connectivity index (χ1v) is 5.10. The fourth-order valence-electron chi connectivity index (χ4n) is 1.92. The number of halogens is 3. The third-order valence-corrected chi connectivity index (χ3v) is 3.00. The van der Waals surface area contributed by atoms with Crippen LogP contribution in [0.3, 0.4) is 0 Å². The van der Waals surface area contributed by atoms with Gasteiger partial charge >= 0.3 is 6.18 Å². The minimum Gasteiger partial charge on any atom is -0.496 e. The molecule has 1 aliphatic rings. The highest BCUT2D eigenvalue weighted by atomic mass is 19.4. The average molecular weight is 241 g/mol. The van der Waals surface area contributed by atoms with Gasteiger partial charge in [-0.1, -0.05) is 12.1 Å². The SMILES string of the molecule is COc1c(C(F)(F)F)cccc1C1(C#N)CC1. The van der Waals surface area contributed by atoms with Gasteiger partial charge in [0.2, 0.25) is 0 Å². The summed E-state index contributed by atoms with van der Waals surface area (Å²) in [7, 11) is 1.20. The predicted molar refractivity (Wildman–Crippen MR) is 54.5 cm³/mol. The van der Waals surface area contributed by atoms with E-state index < -0.39 is 17.2 Å². The maximum atomic E-state index is 12.8. The topological polar surface area (TPSA) is 33.0 Å². The van der Waals surface area contributed by atoms with Crippen molar-refractivity contribution in [3.8, 4) is 11.8 Å². The Morgan fingerprint density at radius 3 is 2.41 bits per heavy atom. The van der Waals surface area contributed by atoms with Crippen molar-refractivity contribution in [1.29, 1.82) is 5.26 Å². The number of alkyl halides is 3. The lowest BCUT2D eigenvalue weighted by Crippen LogP contribution is -2.12. The zero-order valence-corrected chi connectivity index (χ0v) is 9.14. The van der Waals surface area contributed by atoms with Gasteiger partial charge in [-0.05, 0) is 18.9 Å². The van der Waals surface area contributed by atoms with Crippen molar-refractivity contribution in [3.63, 3.8) is 0 Å². The molecular weight excluding hydrogens is 231 g/mol. The summed E-state index contributed by atoms with van der Waals surface area (Å²) in [6, 6.07) is 5.89. The van der Waals surface area contributed by atoms with E-state index in [1.54, 1.807) is 0 Å². The molecule has 0 atom stereocenters. The maximum Gasteiger partial charge on any atom is 0.419 e. The van der Waals surface area contributed by atoms with Crippen LogP contribution in [0.15, 0.2) is 18.2 Å². The monoisotopic (exact) mass is 241 g/mol.